The summed E-state index contributed by atoms with van der Waals surface area (Å²) in [6.45, 7) is 2.01. The highest BCUT2D eigenvalue weighted by Gasteiger charge is 2.08. The summed E-state index contributed by atoms with van der Waals surface area (Å²) in [7, 11) is 0. The molecule has 0 aliphatic carbocycles. The molecule has 0 atom stereocenters. The second-order valence-electron chi connectivity index (χ2n) is 4.04. The van der Waals surface area contributed by atoms with Gasteiger partial charge in [0, 0.05) is 17.1 Å². The first-order valence-electron chi connectivity index (χ1n) is 5.51. The Hall–Kier alpha value is -1.61. The molecular weight excluding hydrogens is 256 g/mol. The van der Waals surface area contributed by atoms with Crippen molar-refractivity contribution in [2.75, 3.05) is 5.32 Å². The van der Waals surface area contributed by atoms with Crippen molar-refractivity contribution in [1.29, 1.82) is 0 Å². The van der Waals surface area contributed by atoms with E-state index in [1.165, 1.54) is 18.2 Å². The van der Waals surface area contributed by atoms with Crippen LogP contribution in [0.4, 0.5) is 14.5 Å². The van der Waals surface area contributed by atoms with Crippen LogP contribution >= 0.6 is 11.6 Å². The molecule has 0 unspecified atom stereocenters. The van der Waals surface area contributed by atoms with E-state index in [0.717, 1.165) is 5.56 Å². The number of anilines is 1. The van der Waals surface area contributed by atoms with Gasteiger partial charge in [0.2, 0.25) is 0 Å². The SMILES string of the molecule is Cc1ccc(F)c(NCc2c(F)cccc2Cl)c1. The minimum Gasteiger partial charge on any atom is -0.378 e. The molecule has 0 heterocycles. The molecule has 0 amide bonds. The molecule has 18 heavy (non-hydrogen) atoms. The zero-order chi connectivity index (χ0) is 13.1. The van der Waals surface area contributed by atoms with E-state index in [-0.39, 0.29) is 12.4 Å². The van der Waals surface area contributed by atoms with Gasteiger partial charge < -0.3 is 5.32 Å². The number of benzene rings is 2. The summed E-state index contributed by atoms with van der Waals surface area (Å²) in [4.78, 5) is 0. The second-order valence-corrected chi connectivity index (χ2v) is 4.44. The molecule has 1 N–H and O–H groups in total. The monoisotopic (exact) mass is 267 g/mol. The Morgan fingerprint density at radius 3 is 2.61 bits per heavy atom. The molecule has 0 aromatic heterocycles. The molecule has 0 aliphatic rings. The minimum atomic E-state index is -0.400. The standard InChI is InChI=1S/C14H12ClF2N/c1-9-5-6-13(17)14(7-9)18-8-10-11(15)3-2-4-12(10)16/h2-7,18H,8H2,1H3. The van der Waals surface area contributed by atoms with Gasteiger partial charge >= 0.3 is 0 Å². The smallest absolute Gasteiger partial charge is 0.146 e. The predicted octanol–water partition coefficient (Wildman–Crippen LogP) is 4.54. The molecule has 0 fully saturated rings. The first kappa shape index (κ1) is 12.8. The molecule has 0 radical (unpaired) electrons. The number of halogens is 3. The summed E-state index contributed by atoms with van der Waals surface area (Å²) in [5, 5.41) is 3.18. The van der Waals surface area contributed by atoms with Gasteiger partial charge in [-0.05, 0) is 36.8 Å². The van der Waals surface area contributed by atoms with Crippen LogP contribution in [0.2, 0.25) is 5.02 Å². The fourth-order valence-electron chi connectivity index (χ4n) is 1.66. The van der Waals surface area contributed by atoms with Gasteiger partial charge in [-0.15, -0.1) is 0 Å². The third kappa shape index (κ3) is 2.79. The van der Waals surface area contributed by atoms with E-state index in [4.69, 9.17) is 11.6 Å². The van der Waals surface area contributed by atoms with Crippen molar-refractivity contribution >= 4 is 17.3 Å². The molecule has 4 heteroatoms. The van der Waals surface area contributed by atoms with Crippen LogP contribution < -0.4 is 5.32 Å². The van der Waals surface area contributed by atoms with Crippen molar-refractivity contribution in [2.45, 2.75) is 13.5 Å². The van der Waals surface area contributed by atoms with Crippen LogP contribution in [0.1, 0.15) is 11.1 Å². The number of rotatable bonds is 3. The largest absolute Gasteiger partial charge is 0.378 e. The average Bonchev–Trinajstić information content (AvgIpc) is 2.33. The Balaban J connectivity index is 2.19. The van der Waals surface area contributed by atoms with Crippen molar-refractivity contribution < 1.29 is 8.78 Å². The van der Waals surface area contributed by atoms with Crippen LogP contribution in [0.25, 0.3) is 0 Å². The van der Waals surface area contributed by atoms with Crippen LogP contribution in [-0.2, 0) is 6.54 Å². The zero-order valence-electron chi connectivity index (χ0n) is 9.81. The Bertz CT molecular complexity index is 549. The summed E-state index contributed by atoms with van der Waals surface area (Å²) < 4.78 is 27.0. The Labute approximate surface area is 109 Å². The number of hydrogen-bond donors (Lipinski definition) is 1. The highest BCUT2D eigenvalue weighted by Crippen LogP contribution is 2.22. The number of hydrogen-bond acceptors (Lipinski definition) is 1. The van der Waals surface area contributed by atoms with Crippen LogP contribution in [-0.4, -0.2) is 0 Å². The molecule has 0 saturated carbocycles. The van der Waals surface area contributed by atoms with Gasteiger partial charge in [0.15, 0.2) is 0 Å². The fraction of sp³-hybridized carbons (Fsp3) is 0.143. The molecule has 2 aromatic rings. The van der Waals surface area contributed by atoms with E-state index >= 15 is 0 Å². The normalized spacial score (nSPS) is 10.4. The third-order valence-corrected chi connectivity index (χ3v) is 2.99. The lowest BCUT2D eigenvalue weighted by Gasteiger charge is -2.10. The summed E-state index contributed by atoms with van der Waals surface area (Å²) >= 11 is 5.89. The van der Waals surface area contributed by atoms with Crippen molar-refractivity contribution in [3.05, 3.63) is 64.2 Å². The van der Waals surface area contributed by atoms with Crippen LogP contribution in [0.3, 0.4) is 0 Å². The summed E-state index contributed by atoms with van der Waals surface area (Å²) in [6.07, 6.45) is 0. The van der Waals surface area contributed by atoms with Crippen molar-refractivity contribution in [3.8, 4) is 0 Å². The van der Waals surface area contributed by atoms with Gasteiger partial charge in [-0.25, -0.2) is 8.78 Å². The maximum Gasteiger partial charge on any atom is 0.146 e. The Morgan fingerprint density at radius 1 is 1.11 bits per heavy atom. The van der Waals surface area contributed by atoms with Gasteiger partial charge in [0.05, 0.1) is 5.69 Å². The first-order valence-corrected chi connectivity index (χ1v) is 5.88. The molecule has 2 aromatic carbocycles. The topological polar surface area (TPSA) is 12.0 Å². The number of aryl methyl sites for hydroxylation is 1. The molecule has 1 nitrogen and oxygen atoms in total. The Kier molecular flexibility index (Phi) is 3.82. The molecule has 2 rings (SSSR count). The van der Waals surface area contributed by atoms with Crippen molar-refractivity contribution in [2.24, 2.45) is 0 Å². The van der Waals surface area contributed by atoms with E-state index in [0.29, 0.717) is 16.3 Å². The van der Waals surface area contributed by atoms with Crippen molar-refractivity contribution in [1.82, 2.24) is 0 Å². The second kappa shape index (κ2) is 5.36. The van der Waals surface area contributed by atoms with Crippen molar-refractivity contribution in [3.63, 3.8) is 0 Å². The molecule has 0 saturated heterocycles. The van der Waals surface area contributed by atoms with Gasteiger partial charge in [-0.2, -0.15) is 0 Å². The van der Waals surface area contributed by atoms with E-state index in [1.54, 1.807) is 18.2 Å². The molecule has 0 bridgehead atoms. The van der Waals surface area contributed by atoms with E-state index in [2.05, 4.69) is 5.32 Å². The molecule has 94 valence electrons. The summed E-state index contributed by atoms with van der Waals surface area (Å²) in [5.74, 6) is -0.767. The predicted molar refractivity (Wildman–Crippen MR) is 69.9 cm³/mol. The van der Waals surface area contributed by atoms with Gasteiger partial charge in [0.1, 0.15) is 11.6 Å². The molecular formula is C14H12ClF2N. The lowest BCUT2D eigenvalue weighted by Crippen LogP contribution is -2.04. The lowest BCUT2D eigenvalue weighted by atomic mass is 10.2. The quantitative estimate of drug-likeness (QED) is 0.861. The first-order chi connectivity index (χ1) is 8.58. The Morgan fingerprint density at radius 2 is 1.89 bits per heavy atom. The van der Waals surface area contributed by atoms with Crippen LogP contribution in [0.5, 0.6) is 0 Å². The molecule has 0 aliphatic heterocycles. The van der Waals surface area contributed by atoms with Gasteiger partial charge in [0.25, 0.3) is 0 Å². The summed E-state index contributed by atoms with van der Waals surface area (Å²) in [5.41, 5.74) is 1.60. The van der Waals surface area contributed by atoms with E-state index in [9.17, 15) is 8.78 Å². The van der Waals surface area contributed by atoms with Crippen LogP contribution in [0, 0.1) is 18.6 Å². The number of nitrogens with one attached hydrogen (secondary N) is 1. The van der Waals surface area contributed by atoms with Crippen LogP contribution in [0.15, 0.2) is 36.4 Å². The van der Waals surface area contributed by atoms with Gasteiger partial charge in [-0.3, -0.25) is 0 Å². The van der Waals surface area contributed by atoms with E-state index in [1.807, 2.05) is 6.92 Å². The lowest BCUT2D eigenvalue weighted by molar-refractivity contribution is 0.610. The minimum absolute atomic E-state index is 0.145. The van der Waals surface area contributed by atoms with E-state index < -0.39 is 5.82 Å². The average molecular weight is 268 g/mol. The maximum atomic E-state index is 13.5. The fourth-order valence-corrected chi connectivity index (χ4v) is 1.89. The maximum absolute atomic E-state index is 13.5. The summed E-state index contributed by atoms with van der Waals surface area (Å²) in [6, 6.07) is 9.19. The van der Waals surface area contributed by atoms with Gasteiger partial charge in [-0.1, -0.05) is 23.7 Å². The highest BCUT2D eigenvalue weighted by atomic mass is 35.5. The zero-order valence-corrected chi connectivity index (χ0v) is 10.6. The molecule has 0 spiro atoms. The third-order valence-electron chi connectivity index (χ3n) is 2.64. The highest BCUT2D eigenvalue weighted by molar-refractivity contribution is 6.31.